The van der Waals surface area contributed by atoms with Gasteiger partial charge in [0.1, 0.15) is 19.0 Å². The monoisotopic (exact) mass is 341 g/mol. The summed E-state index contributed by atoms with van der Waals surface area (Å²) in [5.74, 6) is 0.218. The molecule has 24 heavy (non-hydrogen) atoms. The van der Waals surface area contributed by atoms with Crippen molar-refractivity contribution in [2.75, 3.05) is 19.8 Å². The number of halogens is 3. The number of benzene rings is 1. The second-order valence-electron chi connectivity index (χ2n) is 6.00. The first-order valence-electron chi connectivity index (χ1n) is 7.74. The van der Waals surface area contributed by atoms with Gasteiger partial charge in [-0.2, -0.15) is 13.2 Å². The first-order chi connectivity index (χ1) is 11.3. The maximum absolute atomic E-state index is 12.2. The third-order valence-electron chi connectivity index (χ3n) is 4.04. The number of carbonyl (C=O) groups is 1. The zero-order valence-corrected chi connectivity index (χ0v) is 13.2. The van der Waals surface area contributed by atoms with Crippen LogP contribution in [0.4, 0.5) is 13.2 Å². The number of amides is 1. The topological polar surface area (TPSA) is 58.2 Å². The van der Waals surface area contributed by atoms with E-state index in [9.17, 15) is 18.0 Å². The van der Waals surface area contributed by atoms with Crippen LogP contribution in [-0.4, -0.2) is 46.7 Å². The Bertz CT molecular complexity index is 742. The molecule has 130 valence electrons. The number of alkyl halides is 3. The van der Waals surface area contributed by atoms with Gasteiger partial charge in [0, 0.05) is 6.54 Å². The number of hydrogen-bond donors (Lipinski definition) is 1. The molecule has 0 unspecified atom stereocenters. The number of fused-ring (bicyclic) bond motifs is 1. The molecule has 1 atom stereocenters. The Morgan fingerprint density at radius 3 is 3.00 bits per heavy atom. The number of H-pyrrole nitrogens is 1. The van der Waals surface area contributed by atoms with E-state index in [1.165, 1.54) is 0 Å². The summed E-state index contributed by atoms with van der Waals surface area (Å²) in [6, 6.07) is 5.58. The van der Waals surface area contributed by atoms with Crippen LogP contribution < -0.4 is 0 Å². The second-order valence-corrected chi connectivity index (χ2v) is 6.00. The highest BCUT2D eigenvalue weighted by molar-refractivity contribution is 5.79. The van der Waals surface area contributed by atoms with Gasteiger partial charge in [0.05, 0.1) is 17.1 Å². The van der Waals surface area contributed by atoms with Crippen molar-refractivity contribution < 1.29 is 22.7 Å². The van der Waals surface area contributed by atoms with Crippen LogP contribution in [0.3, 0.4) is 0 Å². The molecule has 0 spiro atoms. The Kier molecular flexibility index (Phi) is 4.49. The number of hydrogen-bond acceptors (Lipinski definition) is 3. The van der Waals surface area contributed by atoms with E-state index >= 15 is 0 Å². The molecular weight excluding hydrogens is 323 g/mol. The number of aryl methyl sites for hydroxylation is 1. The Morgan fingerprint density at radius 2 is 2.25 bits per heavy atom. The molecular formula is C16H18F3N3O2. The Hall–Kier alpha value is -2.09. The van der Waals surface area contributed by atoms with Crippen molar-refractivity contribution in [2.45, 2.75) is 32.0 Å². The van der Waals surface area contributed by atoms with Gasteiger partial charge in [-0.1, -0.05) is 6.07 Å². The molecule has 1 aromatic heterocycles. The third-order valence-corrected chi connectivity index (χ3v) is 4.04. The van der Waals surface area contributed by atoms with Crippen molar-refractivity contribution in [3.63, 3.8) is 0 Å². The van der Waals surface area contributed by atoms with E-state index in [1.807, 2.05) is 25.1 Å². The number of nitrogens with zero attached hydrogens (tertiary/aromatic N) is 2. The van der Waals surface area contributed by atoms with Crippen LogP contribution in [0.5, 0.6) is 0 Å². The fraction of sp³-hybridized carbons (Fsp3) is 0.500. The standard InChI is InChI=1S/C16H18F3N3O2/c1-10-4-5-11-12(7-10)21-15(20-11)13-3-2-6-22(13)14(23)8-24-9-16(17,18)19/h4-5,7,13H,2-3,6,8-9H2,1H3,(H,20,21)/t13-/m1/s1. The highest BCUT2D eigenvalue weighted by atomic mass is 19.4. The Balaban J connectivity index is 1.71. The van der Waals surface area contributed by atoms with Crippen LogP contribution in [0.25, 0.3) is 11.0 Å². The van der Waals surface area contributed by atoms with Crippen molar-refractivity contribution in [3.8, 4) is 0 Å². The van der Waals surface area contributed by atoms with Gasteiger partial charge in [0.2, 0.25) is 5.91 Å². The summed E-state index contributed by atoms with van der Waals surface area (Å²) >= 11 is 0. The van der Waals surface area contributed by atoms with Gasteiger partial charge < -0.3 is 14.6 Å². The predicted octanol–water partition coefficient (Wildman–Crippen LogP) is 3.11. The van der Waals surface area contributed by atoms with Crippen molar-refractivity contribution in [2.24, 2.45) is 0 Å². The zero-order valence-electron chi connectivity index (χ0n) is 13.2. The van der Waals surface area contributed by atoms with Gasteiger partial charge >= 0.3 is 6.18 Å². The highest BCUT2D eigenvalue weighted by Gasteiger charge is 2.33. The Morgan fingerprint density at radius 1 is 1.46 bits per heavy atom. The Labute approximate surface area is 136 Å². The number of aromatic nitrogens is 2. The van der Waals surface area contributed by atoms with E-state index in [0.717, 1.165) is 29.4 Å². The molecule has 0 radical (unpaired) electrons. The highest BCUT2D eigenvalue weighted by Crippen LogP contribution is 2.31. The average Bonchev–Trinajstić information content (AvgIpc) is 3.11. The molecule has 1 aromatic carbocycles. The minimum Gasteiger partial charge on any atom is -0.362 e. The van der Waals surface area contributed by atoms with Gasteiger partial charge in [-0.3, -0.25) is 4.79 Å². The number of nitrogens with one attached hydrogen (secondary N) is 1. The molecule has 0 saturated carbocycles. The quantitative estimate of drug-likeness (QED) is 0.930. The summed E-state index contributed by atoms with van der Waals surface area (Å²) in [6.45, 7) is 0.481. The molecule has 0 bridgehead atoms. The zero-order chi connectivity index (χ0) is 17.3. The van der Waals surface area contributed by atoms with Crippen LogP contribution in [0.2, 0.25) is 0 Å². The summed E-state index contributed by atoms with van der Waals surface area (Å²) < 4.78 is 40.8. The first kappa shape index (κ1) is 16.8. The lowest BCUT2D eigenvalue weighted by Crippen LogP contribution is -2.35. The number of imidazole rings is 1. The number of carbonyl (C=O) groups excluding carboxylic acids is 1. The van der Waals surface area contributed by atoms with E-state index in [-0.39, 0.29) is 6.04 Å². The minimum atomic E-state index is -4.43. The summed E-state index contributed by atoms with van der Waals surface area (Å²) in [6.07, 6.45) is -2.92. The van der Waals surface area contributed by atoms with Gasteiger partial charge in [-0.25, -0.2) is 4.98 Å². The SMILES string of the molecule is Cc1ccc2nc([C@H]3CCCN3C(=O)COCC(F)(F)F)[nH]c2c1. The normalized spacial score (nSPS) is 18.5. The average molecular weight is 341 g/mol. The number of likely N-dealkylation sites (tertiary alicyclic amines) is 1. The third kappa shape index (κ3) is 3.69. The molecule has 8 heteroatoms. The molecule has 1 saturated heterocycles. The van der Waals surface area contributed by atoms with E-state index in [2.05, 4.69) is 14.7 Å². The molecule has 0 aliphatic carbocycles. The molecule has 1 amide bonds. The molecule has 2 aromatic rings. The summed E-state index contributed by atoms with van der Waals surface area (Å²) in [4.78, 5) is 21.5. The summed E-state index contributed by atoms with van der Waals surface area (Å²) in [7, 11) is 0. The lowest BCUT2D eigenvalue weighted by atomic mass is 10.2. The van der Waals surface area contributed by atoms with Crippen molar-refractivity contribution in [1.29, 1.82) is 0 Å². The molecule has 1 fully saturated rings. The molecule has 2 heterocycles. The van der Waals surface area contributed by atoms with E-state index < -0.39 is 25.3 Å². The van der Waals surface area contributed by atoms with Crippen LogP contribution in [0, 0.1) is 6.92 Å². The summed E-state index contributed by atoms with van der Waals surface area (Å²) in [5.41, 5.74) is 2.79. The van der Waals surface area contributed by atoms with Crippen LogP contribution in [0.1, 0.15) is 30.3 Å². The molecule has 1 N–H and O–H groups in total. The molecule has 1 aliphatic heterocycles. The van der Waals surface area contributed by atoms with Gasteiger partial charge in [-0.15, -0.1) is 0 Å². The van der Waals surface area contributed by atoms with Gasteiger partial charge in [0.25, 0.3) is 0 Å². The lowest BCUT2D eigenvalue weighted by Gasteiger charge is -2.23. The molecule has 1 aliphatic rings. The van der Waals surface area contributed by atoms with Crippen LogP contribution in [-0.2, 0) is 9.53 Å². The number of ether oxygens (including phenoxy) is 1. The maximum Gasteiger partial charge on any atom is 0.411 e. The van der Waals surface area contributed by atoms with Crippen molar-refractivity contribution >= 4 is 16.9 Å². The van der Waals surface area contributed by atoms with Crippen molar-refractivity contribution in [3.05, 3.63) is 29.6 Å². The minimum absolute atomic E-state index is 0.250. The lowest BCUT2D eigenvalue weighted by molar-refractivity contribution is -0.178. The first-order valence-corrected chi connectivity index (χ1v) is 7.74. The molecule has 3 rings (SSSR count). The van der Waals surface area contributed by atoms with Crippen LogP contribution >= 0.6 is 0 Å². The van der Waals surface area contributed by atoms with Crippen LogP contribution in [0.15, 0.2) is 18.2 Å². The van der Waals surface area contributed by atoms with Gasteiger partial charge in [0.15, 0.2) is 0 Å². The smallest absolute Gasteiger partial charge is 0.362 e. The predicted molar refractivity (Wildman–Crippen MR) is 81.4 cm³/mol. The van der Waals surface area contributed by atoms with Crippen molar-refractivity contribution in [1.82, 2.24) is 14.9 Å². The number of rotatable bonds is 4. The van der Waals surface area contributed by atoms with E-state index in [4.69, 9.17) is 0 Å². The largest absolute Gasteiger partial charge is 0.411 e. The summed E-state index contributed by atoms with van der Waals surface area (Å²) in [5, 5.41) is 0. The number of aromatic amines is 1. The van der Waals surface area contributed by atoms with E-state index in [0.29, 0.717) is 12.4 Å². The molecule has 5 nitrogen and oxygen atoms in total. The van der Waals surface area contributed by atoms with Gasteiger partial charge in [-0.05, 0) is 37.5 Å². The van der Waals surface area contributed by atoms with E-state index in [1.54, 1.807) is 4.90 Å². The second kappa shape index (κ2) is 6.43. The fourth-order valence-corrected chi connectivity index (χ4v) is 2.99. The fourth-order valence-electron chi connectivity index (χ4n) is 2.99. The maximum atomic E-state index is 12.2.